The first kappa shape index (κ1) is 21.1. The molecule has 0 fully saturated rings. The lowest BCUT2D eigenvalue weighted by molar-refractivity contribution is -0.389. The van der Waals surface area contributed by atoms with Crippen LogP contribution in [-0.4, -0.2) is 19.0 Å². The molecule has 0 amide bonds. The van der Waals surface area contributed by atoms with E-state index in [4.69, 9.17) is 5.73 Å². The molecule has 0 bridgehead atoms. The summed E-state index contributed by atoms with van der Waals surface area (Å²) in [5.74, 6) is 0. The van der Waals surface area contributed by atoms with Crippen molar-refractivity contribution in [2.24, 2.45) is 0 Å². The van der Waals surface area contributed by atoms with Gasteiger partial charge in [0.25, 0.3) is 5.60 Å². The number of nitrogen functional groups attached to an aromatic ring is 1. The second-order valence-corrected chi connectivity index (χ2v) is 6.09. The molecule has 0 unspecified atom stereocenters. The minimum Gasteiger partial charge on any atom is -0.399 e. The Labute approximate surface area is 152 Å². The number of hydrogen-bond acceptors (Lipinski definition) is 2. The zero-order chi connectivity index (χ0) is 20.1. The second kappa shape index (κ2) is 8.21. The quantitative estimate of drug-likeness (QED) is 0.377. The van der Waals surface area contributed by atoms with Crippen molar-refractivity contribution in [2.45, 2.75) is 37.2 Å². The molecule has 2 aromatic carbocycles. The van der Waals surface area contributed by atoms with Gasteiger partial charge < -0.3 is 10.5 Å². The minimum atomic E-state index is -5.68. The van der Waals surface area contributed by atoms with Crippen molar-refractivity contribution in [3.8, 4) is 0 Å². The van der Waals surface area contributed by atoms with Crippen molar-refractivity contribution >= 4 is 5.69 Å². The fourth-order valence-electron chi connectivity index (χ4n) is 2.75. The maximum atomic E-state index is 13.6. The number of alkyl halides is 6. The van der Waals surface area contributed by atoms with Gasteiger partial charge in [-0.2, -0.15) is 26.3 Å². The van der Waals surface area contributed by atoms with Crippen LogP contribution >= 0.6 is 0 Å². The fraction of sp³-hybridized carbons (Fsp3) is 0.368. The van der Waals surface area contributed by atoms with Crippen molar-refractivity contribution in [1.82, 2.24) is 0 Å². The third kappa shape index (κ3) is 4.74. The molecule has 27 heavy (non-hydrogen) atoms. The predicted molar refractivity (Wildman–Crippen MR) is 90.0 cm³/mol. The molecule has 0 saturated carbocycles. The Morgan fingerprint density at radius 2 is 1.30 bits per heavy atom. The van der Waals surface area contributed by atoms with Gasteiger partial charge in [0.2, 0.25) is 0 Å². The summed E-state index contributed by atoms with van der Waals surface area (Å²) in [6.45, 7) is -0.684. The molecule has 0 atom stereocenters. The molecule has 0 saturated heterocycles. The third-order valence-electron chi connectivity index (χ3n) is 4.14. The molecule has 0 spiro atoms. The smallest absolute Gasteiger partial charge is 0.399 e. The lowest BCUT2D eigenvalue weighted by Gasteiger charge is -2.37. The Morgan fingerprint density at radius 3 is 1.81 bits per heavy atom. The van der Waals surface area contributed by atoms with Gasteiger partial charge in [-0.05, 0) is 37.0 Å². The highest BCUT2D eigenvalue weighted by Gasteiger charge is 2.73. The van der Waals surface area contributed by atoms with Crippen molar-refractivity contribution in [3.05, 3.63) is 65.7 Å². The third-order valence-corrected chi connectivity index (χ3v) is 4.14. The van der Waals surface area contributed by atoms with Crippen LogP contribution in [0.5, 0.6) is 0 Å². The molecule has 8 heteroatoms. The first-order chi connectivity index (χ1) is 12.6. The SMILES string of the molecule is Nc1ccc(C(OCCCCc2ccccc2)(C(F)(F)F)C(F)(F)F)cc1. The first-order valence-electron chi connectivity index (χ1n) is 8.25. The highest BCUT2D eigenvalue weighted by atomic mass is 19.4. The minimum absolute atomic E-state index is 0.0533. The Hall–Kier alpha value is -2.22. The van der Waals surface area contributed by atoms with E-state index in [1.807, 2.05) is 30.3 Å². The van der Waals surface area contributed by atoms with Gasteiger partial charge in [-0.1, -0.05) is 42.5 Å². The average molecular weight is 391 g/mol. The summed E-state index contributed by atoms with van der Waals surface area (Å²) in [7, 11) is 0. The number of nitrogens with two attached hydrogens (primary N) is 1. The molecule has 2 N–H and O–H groups in total. The van der Waals surface area contributed by atoms with E-state index in [2.05, 4.69) is 4.74 Å². The van der Waals surface area contributed by atoms with Crippen LogP contribution in [-0.2, 0) is 16.8 Å². The molecule has 0 heterocycles. The van der Waals surface area contributed by atoms with Gasteiger partial charge in [-0.15, -0.1) is 0 Å². The van der Waals surface area contributed by atoms with E-state index < -0.39 is 30.1 Å². The highest BCUT2D eigenvalue weighted by molar-refractivity contribution is 5.42. The molecular weight excluding hydrogens is 372 g/mol. The van der Waals surface area contributed by atoms with Crippen LogP contribution in [0.2, 0.25) is 0 Å². The van der Waals surface area contributed by atoms with Gasteiger partial charge >= 0.3 is 12.4 Å². The summed E-state index contributed by atoms with van der Waals surface area (Å²) < 4.78 is 85.9. The molecule has 0 aliphatic heterocycles. The van der Waals surface area contributed by atoms with Crippen LogP contribution in [0.4, 0.5) is 32.0 Å². The molecule has 2 rings (SSSR count). The maximum absolute atomic E-state index is 13.6. The van der Waals surface area contributed by atoms with Crippen molar-refractivity contribution in [1.29, 1.82) is 0 Å². The Morgan fingerprint density at radius 1 is 0.741 bits per heavy atom. The van der Waals surface area contributed by atoms with E-state index in [1.165, 1.54) is 0 Å². The predicted octanol–water partition coefficient (Wildman–Crippen LogP) is 5.63. The molecule has 2 aromatic rings. The molecule has 0 aliphatic rings. The number of rotatable bonds is 7. The van der Waals surface area contributed by atoms with Gasteiger partial charge in [0.05, 0.1) is 0 Å². The van der Waals surface area contributed by atoms with E-state index in [0.29, 0.717) is 25.0 Å². The van der Waals surface area contributed by atoms with E-state index in [9.17, 15) is 26.3 Å². The fourth-order valence-corrected chi connectivity index (χ4v) is 2.75. The van der Waals surface area contributed by atoms with E-state index in [1.54, 1.807) is 0 Å². The van der Waals surface area contributed by atoms with E-state index in [0.717, 1.165) is 17.7 Å². The molecule has 0 radical (unpaired) electrons. The number of unbranched alkanes of at least 4 members (excludes halogenated alkanes) is 1. The largest absolute Gasteiger partial charge is 0.430 e. The summed E-state index contributed by atoms with van der Waals surface area (Å²) in [5, 5.41) is 0. The number of anilines is 1. The molecule has 0 aromatic heterocycles. The molecule has 148 valence electrons. The molecule has 0 aliphatic carbocycles. The standard InChI is InChI=1S/C19H19F6NO/c20-18(21,22)17(19(23,24)25,15-9-11-16(26)12-10-15)27-13-5-4-8-14-6-2-1-3-7-14/h1-3,6-7,9-12H,4-5,8,13,26H2. The zero-order valence-corrected chi connectivity index (χ0v) is 14.3. The topological polar surface area (TPSA) is 35.2 Å². The Balaban J connectivity index is 2.16. The van der Waals surface area contributed by atoms with E-state index >= 15 is 0 Å². The van der Waals surface area contributed by atoms with Crippen molar-refractivity contribution < 1.29 is 31.1 Å². The van der Waals surface area contributed by atoms with E-state index in [-0.39, 0.29) is 12.1 Å². The summed E-state index contributed by atoms with van der Waals surface area (Å²) in [4.78, 5) is 0. The summed E-state index contributed by atoms with van der Waals surface area (Å²) in [6, 6.07) is 12.5. The molecule has 2 nitrogen and oxygen atoms in total. The van der Waals surface area contributed by atoms with Crippen LogP contribution in [0.25, 0.3) is 0 Å². The summed E-state index contributed by atoms with van der Waals surface area (Å²) in [6.07, 6.45) is -10.4. The monoisotopic (exact) mass is 391 g/mol. The molecular formula is C19H19F6NO. The average Bonchev–Trinajstić information content (AvgIpc) is 2.58. The number of aryl methyl sites for hydroxylation is 1. The van der Waals surface area contributed by atoms with Gasteiger partial charge in [-0.3, -0.25) is 0 Å². The second-order valence-electron chi connectivity index (χ2n) is 6.09. The summed E-state index contributed by atoms with van der Waals surface area (Å²) >= 11 is 0. The lowest BCUT2D eigenvalue weighted by Crippen LogP contribution is -2.56. The summed E-state index contributed by atoms with van der Waals surface area (Å²) in [5.41, 5.74) is 0.958. The number of hydrogen-bond donors (Lipinski definition) is 1. The Bertz CT molecular complexity index is 696. The van der Waals surface area contributed by atoms with Crippen molar-refractivity contribution in [3.63, 3.8) is 0 Å². The highest BCUT2D eigenvalue weighted by Crippen LogP contribution is 2.53. The van der Waals surface area contributed by atoms with Crippen LogP contribution < -0.4 is 5.73 Å². The van der Waals surface area contributed by atoms with Crippen molar-refractivity contribution in [2.75, 3.05) is 12.3 Å². The lowest BCUT2D eigenvalue weighted by atomic mass is 9.91. The number of halogens is 6. The maximum Gasteiger partial charge on any atom is 0.430 e. The van der Waals surface area contributed by atoms with Gasteiger partial charge in [0.1, 0.15) is 0 Å². The first-order valence-corrected chi connectivity index (χ1v) is 8.25. The van der Waals surface area contributed by atoms with Crippen LogP contribution in [0.1, 0.15) is 24.0 Å². The van der Waals surface area contributed by atoms with Gasteiger partial charge in [-0.25, -0.2) is 0 Å². The normalized spacial score (nSPS) is 13.0. The number of ether oxygens (including phenoxy) is 1. The number of benzene rings is 2. The van der Waals surface area contributed by atoms with Crippen LogP contribution in [0.3, 0.4) is 0 Å². The van der Waals surface area contributed by atoms with Crippen LogP contribution in [0, 0.1) is 0 Å². The van der Waals surface area contributed by atoms with Gasteiger partial charge in [0.15, 0.2) is 0 Å². The zero-order valence-electron chi connectivity index (χ0n) is 14.3. The Kier molecular flexibility index (Phi) is 6.41. The van der Waals surface area contributed by atoms with Gasteiger partial charge in [0, 0.05) is 17.9 Å². The van der Waals surface area contributed by atoms with Crippen LogP contribution in [0.15, 0.2) is 54.6 Å².